The summed E-state index contributed by atoms with van der Waals surface area (Å²) in [6.07, 6.45) is 0. The van der Waals surface area contributed by atoms with Crippen LogP contribution in [0, 0.1) is 10.1 Å². The van der Waals surface area contributed by atoms with E-state index in [1.807, 2.05) is 0 Å². The van der Waals surface area contributed by atoms with Crippen LogP contribution in [0.25, 0.3) is 0 Å². The normalized spacial score (nSPS) is 11.5. The fourth-order valence-corrected chi connectivity index (χ4v) is 4.18. The summed E-state index contributed by atoms with van der Waals surface area (Å²) >= 11 is 6.02. The number of carbonyl (C=O) groups is 1. The highest BCUT2D eigenvalue weighted by Gasteiger charge is 2.25. The van der Waals surface area contributed by atoms with Crippen LogP contribution in [-0.2, 0) is 10.0 Å². The molecular weight excluding hydrogens is 386 g/mol. The Hall–Kier alpha value is -2.43. The average Bonchev–Trinajstić information content (AvgIpc) is 3.07. The smallest absolute Gasteiger partial charge is 0.395 e. The van der Waals surface area contributed by atoms with Gasteiger partial charge in [-0.25, -0.2) is 8.42 Å². The third-order valence-corrected chi connectivity index (χ3v) is 6.04. The van der Waals surface area contributed by atoms with Crippen molar-refractivity contribution in [2.24, 2.45) is 0 Å². The second-order valence-corrected chi connectivity index (χ2v) is 7.40. The first-order chi connectivity index (χ1) is 12.2. The number of halogens is 1. The summed E-state index contributed by atoms with van der Waals surface area (Å²) in [4.78, 5) is 21.8. The number of amides is 1. The van der Waals surface area contributed by atoms with E-state index in [-0.39, 0.29) is 34.5 Å². The third kappa shape index (κ3) is 4.03. The maximum Gasteiger partial charge on any atom is 0.433 e. The Morgan fingerprint density at radius 3 is 2.46 bits per heavy atom. The number of nitrogens with one attached hydrogen (secondary N) is 1. The van der Waals surface area contributed by atoms with Crippen LogP contribution in [0.3, 0.4) is 0 Å². The highest BCUT2D eigenvalue weighted by molar-refractivity contribution is 7.89. The second-order valence-electron chi connectivity index (χ2n) is 5.08. The summed E-state index contributed by atoms with van der Waals surface area (Å²) in [6, 6.07) is 6.19. The molecule has 0 bridgehead atoms. The van der Waals surface area contributed by atoms with Crippen LogP contribution in [0.2, 0.25) is 5.02 Å². The van der Waals surface area contributed by atoms with Gasteiger partial charge in [0.1, 0.15) is 9.82 Å². The molecule has 0 saturated heterocycles. The zero-order valence-electron chi connectivity index (χ0n) is 13.9. The molecule has 11 heteroatoms. The molecule has 0 unspecified atom stereocenters. The van der Waals surface area contributed by atoms with Crippen molar-refractivity contribution < 1.29 is 22.6 Å². The van der Waals surface area contributed by atoms with Crippen LogP contribution < -0.4 is 5.32 Å². The largest absolute Gasteiger partial charge is 0.433 e. The number of rotatable bonds is 7. The molecule has 0 atom stereocenters. The van der Waals surface area contributed by atoms with Crippen molar-refractivity contribution in [1.29, 1.82) is 0 Å². The number of furan rings is 1. The summed E-state index contributed by atoms with van der Waals surface area (Å²) in [6.45, 7) is 3.93. The number of hydrogen-bond acceptors (Lipinski definition) is 6. The van der Waals surface area contributed by atoms with Crippen molar-refractivity contribution >= 4 is 39.1 Å². The molecule has 0 aliphatic carbocycles. The molecule has 140 valence electrons. The Kier molecular flexibility index (Phi) is 6.01. The number of nitro groups is 1. The van der Waals surface area contributed by atoms with Gasteiger partial charge in [0, 0.05) is 18.8 Å². The maximum absolute atomic E-state index is 12.6. The number of nitrogens with zero attached hydrogens (tertiary/aromatic N) is 2. The fourth-order valence-electron chi connectivity index (χ4n) is 2.22. The Labute approximate surface area is 154 Å². The van der Waals surface area contributed by atoms with Crippen molar-refractivity contribution in [3.8, 4) is 0 Å². The summed E-state index contributed by atoms with van der Waals surface area (Å²) < 4.78 is 31.3. The molecule has 0 radical (unpaired) electrons. The highest BCUT2D eigenvalue weighted by Crippen LogP contribution is 2.28. The van der Waals surface area contributed by atoms with Gasteiger partial charge in [-0.2, -0.15) is 4.31 Å². The molecule has 2 aromatic rings. The van der Waals surface area contributed by atoms with Crippen LogP contribution in [-0.4, -0.2) is 36.6 Å². The Morgan fingerprint density at radius 1 is 1.27 bits per heavy atom. The van der Waals surface area contributed by atoms with Gasteiger partial charge in [-0.05, 0) is 24.3 Å². The lowest BCUT2D eigenvalue weighted by Gasteiger charge is -2.19. The van der Waals surface area contributed by atoms with Crippen molar-refractivity contribution in [2.75, 3.05) is 18.4 Å². The molecule has 0 saturated carbocycles. The standard InChI is InChI=1S/C15H16ClN3O6S/c1-3-18(4-2)26(23,24)13-9-10(5-6-11(13)16)17-15(20)12-7-8-14(25-12)19(21)22/h5-9H,3-4H2,1-2H3,(H,17,20). The van der Waals surface area contributed by atoms with Gasteiger partial charge in [-0.3, -0.25) is 14.9 Å². The lowest BCUT2D eigenvalue weighted by atomic mass is 10.3. The van der Waals surface area contributed by atoms with E-state index in [1.54, 1.807) is 13.8 Å². The van der Waals surface area contributed by atoms with Gasteiger partial charge >= 0.3 is 5.88 Å². The summed E-state index contributed by atoms with van der Waals surface area (Å²) in [5.74, 6) is -1.61. The molecule has 1 aromatic heterocycles. The average molecular weight is 402 g/mol. The van der Waals surface area contributed by atoms with Gasteiger partial charge in [-0.15, -0.1) is 0 Å². The molecule has 9 nitrogen and oxygen atoms in total. The van der Waals surface area contributed by atoms with Crippen LogP contribution in [0.15, 0.2) is 39.6 Å². The Bertz CT molecular complexity index is 937. The van der Waals surface area contributed by atoms with Crippen LogP contribution in [0.1, 0.15) is 24.4 Å². The van der Waals surface area contributed by atoms with Crippen LogP contribution in [0.5, 0.6) is 0 Å². The SMILES string of the molecule is CCN(CC)S(=O)(=O)c1cc(NC(=O)c2ccc([N+](=O)[O-])o2)ccc1Cl. The minimum Gasteiger partial charge on any atom is -0.395 e. The molecule has 0 aliphatic rings. The van der Waals surface area contributed by atoms with Crippen molar-refractivity contribution in [1.82, 2.24) is 4.31 Å². The molecule has 0 fully saturated rings. The molecule has 0 spiro atoms. The predicted molar refractivity (Wildman–Crippen MR) is 94.9 cm³/mol. The Morgan fingerprint density at radius 2 is 1.92 bits per heavy atom. The minimum atomic E-state index is -3.82. The lowest BCUT2D eigenvalue weighted by Crippen LogP contribution is -2.30. The van der Waals surface area contributed by atoms with E-state index in [4.69, 9.17) is 16.0 Å². The molecule has 1 N–H and O–H groups in total. The van der Waals surface area contributed by atoms with E-state index in [0.717, 1.165) is 12.1 Å². The summed E-state index contributed by atoms with van der Waals surface area (Å²) in [5, 5.41) is 13.0. The number of anilines is 1. The quantitative estimate of drug-likeness (QED) is 0.561. The molecule has 26 heavy (non-hydrogen) atoms. The molecule has 1 amide bonds. The van der Waals surface area contributed by atoms with Crippen LogP contribution >= 0.6 is 11.6 Å². The predicted octanol–water partition coefficient (Wildman–Crippen LogP) is 3.12. The van der Waals surface area contributed by atoms with E-state index in [2.05, 4.69) is 5.32 Å². The summed E-state index contributed by atoms with van der Waals surface area (Å²) in [5.41, 5.74) is 0.157. The monoisotopic (exact) mass is 401 g/mol. The molecule has 0 aliphatic heterocycles. The van der Waals surface area contributed by atoms with Crippen LogP contribution in [0.4, 0.5) is 11.6 Å². The maximum atomic E-state index is 12.6. The fraction of sp³-hybridized carbons (Fsp3) is 0.267. The number of benzene rings is 1. The van der Waals surface area contributed by atoms with Gasteiger partial charge in [0.25, 0.3) is 5.91 Å². The zero-order valence-corrected chi connectivity index (χ0v) is 15.5. The van der Waals surface area contributed by atoms with Gasteiger partial charge < -0.3 is 9.73 Å². The number of sulfonamides is 1. The van der Waals surface area contributed by atoms with Crippen molar-refractivity contribution in [2.45, 2.75) is 18.7 Å². The first-order valence-corrected chi connectivity index (χ1v) is 9.37. The van der Waals surface area contributed by atoms with Gasteiger partial charge in [0.05, 0.1) is 11.1 Å². The Balaban J connectivity index is 2.31. The highest BCUT2D eigenvalue weighted by atomic mass is 35.5. The van der Waals surface area contributed by atoms with E-state index < -0.39 is 26.7 Å². The molecule has 2 rings (SSSR count). The van der Waals surface area contributed by atoms with E-state index in [0.29, 0.717) is 0 Å². The van der Waals surface area contributed by atoms with E-state index in [1.165, 1.54) is 22.5 Å². The third-order valence-electron chi connectivity index (χ3n) is 3.51. The first-order valence-electron chi connectivity index (χ1n) is 7.56. The number of hydrogen-bond donors (Lipinski definition) is 1. The van der Waals surface area contributed by atoms with Crippen molar-refractivity contribution in [3.63, 3.8) is 0 Å². The topological polar surface area (TPSA) is 123 Å². The summed E-state index contributed by atoms with van der Waals surface area (Å²) in [7, 11) is -3.82. The number of carbonyl (C=O) groups excluding carboxylic acids is 1. The van der Waals surface area contributed by atoms with Gasteiger partial charge in [0.15, 0.2) is 5.76 Å². The van der Waals surface area contributed by atoms with E-state index in [9.17, 15) is 23.3 Å². The van der Waals surface area contributed by atoms with Gasteiger partial charge in [-0.1, -0.05) is 25.4 Å². The minimum absolute atomic E-state index is 0.0172. The molecular formula is C15H16ClN3O6S. The first kappa shape index (κ1) is 19.9. The second kappa shape index (κ2) is 7.85. The lowest BCUT2D eigenvalue weighted by molar-refractivity contribution is -0.402. The van der Waals surface area contributed by atoms with Gasteiger partial charge in [0.2, 0.25) is 10.0 Å². The molecule has 1 aromatic carbocycles. The van der Waals surface area contributed by atoms with Crippen molar-refractivity contribution in [3.05, 3.63) is 51.2 Å². The zero-order chi connectivity index (χ0) is 19.5. The molecule has 1 heterocycles. The van der Waals surface area contributed by atoms with E-state index >= 15 is 0 Å².